The number of fused-ring (bicyclic) bond motifs is 1. The lowest BCUT2D eigenvalue weighted by Gasteiger charge is -1.94. The smallest absolute Gasteiger partial charge is 0.266 e. The van der Waals surface area contributed by atoms with Gasteiger partial charge >= 0.3 is 0 Å². The molecule has 2 rings (SSSR count). The van der Waals surface area contributed by atoms with Crippen molar-refractivity contribution in [3.63, 3.8) is 0 Å². The number of hydrogen-bond donors (Lipinski definition) is 1. The predicted octanol–water partition coefficient (Wildman–Crippen LogP) is 0.795. The lowest BCUT2D eigenvalue weighted by Crippen LogP contribution is -2.09. The number of nitrogens with one attached hydrogen (secondary N) is 1. The van der Waals surface area contributed by atoms with Crippen LogP contribution in [0.3, 0.4) is 0 Å². The number of aromatic nitrogens is 2. The van der Waals surface area contributed by atoms with Gasteiger partial charge in [0.1, 0.15) is 11.6 Å². The van der Waals surface area contributed by atoms with Crippen LogP contribution < -0.4 is 5.56 Å². The number of nitrogens with zero attached hydrogens (tertiary/aromatic N) is 2. The molecule has 0 bridgehead atoms. The molecule has 0 fully saturated rings. The first-order valence-corrected chi connectivity index (χ1v) is 3.69. The summed E-state index contributed by atoms with van der Waals surface area (Å²) in [5.74, 6) is 0. The molecule has 0 saturated carbocycles. The summed E-state index contributed by atoms with van der Waals surface area (Å²) in [6.45, 7) is 0. The minimum Gasteiger partial charge on any atom is -0.319 e. The molecule has 4 nitrogen and oxygen atoms in total. The Balaban J connectivity index is 2.91. The van der Waals surface area contributed by atoms with Crippen LogP contribution in [0.25, 0.3) is 11.0 Å². The average molecular weight is 171 g/mol. The van der Waals surface area contributed by atoms with Crippen molar-refractivity contribution >= 4 is 11.0 Å². The van der Waals surface area contributed by atoms with Crippen molar-refractivity contribution < 1.29 is 0 Å². The van der Waals surface area contributed by atoms with Crippen LogP contribution in [0.5, 0.6) is 0 Å². The molecule has 0 spiro atoms. The molecular weight excluding hydrogens is 166 g/mol. The highest BCUT2D eigenvalue weighted by Crippen LogP contribution is 2.05. The van der Waals surface area contributed by atoms with Crippen LogP contribution in [0.2, 0.25) is 0 Å². The zero-order valence-corrected chi connectivity index (χ0v) is 6.61. The first-order chi connectivity index (χ1) is 6.31. The minimum atomic E-state index is -0.372. The quantitative estimate of drug-likeness (QED) is 0.637. The molecule has 0 atom stereocenters. The number of nitriles is 1. The van der Waals surface area contributed by atoms with Crippen molar-refractivity contribution in [2.45, 2.75) is 0 Å². The second-order valence-electron chi connectivity index (χ2n) is 2.56. The van der Waals surface area contributed by atoms with Crippen LogP contribution in [0, 0.1) is 11.3 Å². The van der Waals surface area contributed by atoms with Gasteiger partial charge in [-0.3, -0.25) is 9.78 Å². The van der Waals surface area contributed by atoms with Gasteiger partial charge in [-0.25, -0.2) is 0 Å². The summed E-state index contributed by atoms with van der Waals surface area (Å²) in [5.41, 5.74) is 0.986. The Morgan fingerprint density at radius 1 is 1.54 bits per heavy atom. The van der Waals surface area contributed by atoms with Crippen molar-refractivity contribution in [3.8, 4) is 6.07 Å². The van der Waals surface area contributed by atoms with E-state index in [9.17, 15) is 4.79 Å². The molecule has 0 aliphatic rings. The third-order valence-corrected chi connectivity index (χ3v) is 1.73. The number of hydrogen-bond acceptors (Lipinski definition) is 3. The maximum absolute atomic E-state index is 11.2. The lowest BCUT2D eigenvalue weighted by molar-refractivity contribution is 1.25. The van der Waals surface area contributed by atoms with Gasteiger partial charge in [-0.15, -0.1) is 0 Å². The highest BCUT2D eigenvalue weighted by atomic mass is 16.1. The van der Waals surface area contributed by atoms with Crippen LogP contribution in [-0.2, 0) is 0 Å². The van der Waals surface area contributed by atoms with Gasteiger partial charge in [0.05, 0.1) is 11.0 Å². The summed E-state index contributed by atoms with van der Waals surface area (Å²) >= 11 is 0. The molecule has 2 aromatic heterocycles. The Hall–Kier alpha value is -2.15. The molecule has 0 unspecified atom stereocenters. The van der Waals surface area contributed by atoms with E-state index in [-0.39, 0.29) is 11.1 Å². The molecule has 0 aliphatic heterocycles. The van der Waals surface area contributed by atoms with Crippen LogP contribution in [0.1, 0.15) is 5.56 Å². The third-order valence-electron chi connectivity index (χ3n) is 1.73. The Kier molecular flexibility index (Phi) is 1.57. The second-order valence-corrected chi connectivity index (χ2v) is 2.56. The number of aromatic amines is 1. The van der Waals surface area contributed by atoms with E-state index >= 15 is 0 Å². The number of pyridine rings is 2. The summed E-state index contributed by atoms with van der Waals surface area (Å²) in [6.07, 6.45) is 1.61. The largest absolute Gasteiger partial charge is 0.319 e. The topological polar surface area (TPSA) is 69.5 Å². The van der Waals surface area contributed by atoms with Crippen LogP contribution >= 0.6 is 0 Å². The van der Waals surface area contributed by atoms with Gasteiger partial charge in [0.2, 0.25) is 0 Å². The second kappa shape index (κ2) is 2.72. The molecule has 2 aromatic rings. The first kappa shape index (κ1) is 7.50. The van der Waals surface area contributed by atoms with Gasteiger partial charge in [-0.2, -0.15) is 5.26 Å². The van der Waals surface area contributed by atoms with Gasteiger partial charge in [0.15, 0.2) is 0 Å². The summed E-state index contributed by atoms with van der Waals surface area (Å²) < 4.78 is 0. The summed E-state index contributed by atoms with van der Waals surface area (Å²) in [4.78, 5) is 17.7. The van der Waals surface area contributed by atoms with E-state index in [2.05, 4.69) is 9.97 Å². The fraction of sp³-hybridized carbons (Fsp3) is 0. The number of H-pyrrole nitrogens is 1. The molecule has 62 valence electrons. The van der Waals surface area contributed by atoms with Gasteiger partial charge in [0.25, 0.3) is 5.56 Å². The van der Waals surface area contributed by atoms with Gasteiger partial charge < -0.3 is 4.98 Å². The van der Waals surface area contributed by atoms with E-state index < -0.39 is 0 Å². The Morgan fingerprint density at radius 2 is 2.38 bits per heavy atom. The first-order valence-electron chi connectivity index (χ1n) is 3.69. The van der Waals surface area contributed by atoms with Crippen LogP contribution in [-0.4, -0.2) is 9.97 Å². The molecule has 2 heterocycles. The zero-order chi connectivity index (χ0) is 9.26. The fourth-order valence-electron chi connectivity index (χ4n) is 1.11. The average Bonchev–Trinajstić information content (AvgIpc) is 2.17. The van der Waals surface area contributed by atoms with E-state index in [1.165, 1.54) is 6.07 Å². The maximum Gasteiger partial charge on any atom is 0.266 e. The lowest BCUT2D eigenvalue weighted by atomic mass is 10.2. The predicted molar refractivity (Wildman–Crippen MR) is 47.1 cm³/mol. The third kappa shape index (κ3) is 1.16. The Morgan fingerprint density at radius 3 is 3.15 bits per heavy atom. The molecule has 4 heteroatoms. The maximum atomic E-state index is 11.2. The molecule has 0 aliphatic carbocycles. The highest BCUT2D eigenvalue weighted by Gasteiger charge is 2.00. The van der Waals surface area contributed by atoms with Crippen molar-refractivity contribution in [1.29, 1.82) is 5.26 Å². The van der Waals surface area contributed by atoms with E-state index in [4.69, 9.17) is 5.26 Å². The molecule has 13 heavy (non-hydrogen) atoms. The van der Waals surface area contributed by atoms with E-state index in [1.807, 2.05) is 0 Å². The van der Waals surface area contributed by atoms with E-state index in [0.29, 0.717) is 11.0 Å². The van der Waals surface area contributed by atoms with Crippen molar-refractivity contribution in [2.24, 2.45) is 0 Å². The van der Waals surface area contributed by atoms with Crippen LogP contribution in [0.15, 0.2) is 29.2 Å². The minimum absolute atomic E-state index is 0.0891. The Bertz CT molecular complexity index is 551. The fourth-order valence-corrected chi connectivity index (χ4v) is 1.11. The standard InChI is InChI=1S/C9H5N3O/c10-5-6-4-8-7(12-9(6)13)2-1-3-11-8/h1-4H,(H,12,13). The molecule has 0 saturated heterocycles. The van der Waals surface area contributed by atoms with Crippen molar-refractivity contribution in [1.82, 2.24) is 9.97 Å². The van der Waals surface area contributed by atoms with Gasteiger partial charge in [-0.1, -0.05) is 0 Å². The van der Waals surface area contributed by atoms with Crippen LogP contribution in [0.4, 0.5) is 0 Å². The summed E-state index contributed by atoms with van der Waals surface area (Å²) in [6, 6.07) is 6.75. The summed E-state index contributed by atoms with van der Waals surface area (Å²) in [5, 5.41) is 8.58. The molecule has 0 aromatic carbocycles. The molecule has 0 radical (unpaired) electrons. The molecular formula is C9H5N3O. The van der Waals surface area contributed by atoms with Crippen molar-refractivity contribution in [2.75, 3.05) is 0 Å². The summed E-state index contributed by atoms with van der Waals surface area (Å²) in [7, 11) is 0. The Labute approximate surface area is 73.5 Å². The normalized spacial score (nSPS) is 9.77. The molecule has 0 amide bonds. The van der Waals surface area contributed by atoms with E-state index in [0.717, 1.165) is 0 Å². The van der Waals surface area contributed by atoms with E-state index in [1.54, 1.807) is 24.4 Å². The highest BCUT2D eigenvalue weighted by molar-refractivity contribution is 5.74. The number of rotatable bonds is 0. The van der Waals surface area contributed by atoms with Gasteiger partial charge in [0, 0.05) is 6.20 Å². The van der Waals surface area contributed by atoms with Crippen molar-refractivity contribution in [3.05, 3.63) is 40.3 Å². The van der Waals surface area contributed by atoms with Gasteiger partial charge in [-0.05, 0) is 18.2 Å². The molecule has 1 N–H and O–H groups in total. The SMILES string of the molecule is N#Cc1cc2ncccc2[nH]c1=O. The monoisotopic (exact) mass is 171 g/mol. The zero-order valence-electron chi connectivity index (χ0n) is 6.61.